The van der Waals surface area contributed by atoms with Gasteiger partial charge >= 0.3 is 0 Å². The Balaban J connectivity index is 2.29. The quantitative estimate of drug-likeness (QED) is 0.897. The summed E-state index contributed by atoms with van der Waals surface area (Å²) in [6, 6.07) is 5.68. The number of hydrogen-bond acceptors (Lipinski definition) is 3. The SMILES string of the molecule is Cc1ccc(NS(C)(=O)=O)cc1N1CCCC1. The van der Waals surface area contributed by atoms with Gasteiger partial charge in [0.15, 0.2) is 0 Å². The molecule has 4 nitrogen and oxygen atoms in total. The standard InChI is InChI=1S/C12H18N2O2S/c1-10-5-6-11(13-17(2,15)16)9-12(10)14-7-3-4-8-14/h5-6,9,13H,3-4,7-8H2,1-2H3. The third-order valence-corrected chi connectivity index (χ3v) is 3.57. The summed E-state index contributed by atoms with van der Waals surface area (Å²) in [4.78, 5) is 2.31. The summed E-state index contributed by atoms with van der Waals surface area (Å²) >= 11 is 0. The van der Waals surface area contributed by atoms with E-state index in [4.69, 9.17) is 0 Å². The van der Waals surface area contributed by atoms with Gasteiger partial charge in [0.2, 0.25) is 10.0 Å². The summed E-state index contributed by atoms with van der Waals surface area (Å²) in [7, 11) is -3.20. The first-order valence-electron chi connectivity index (χ1n) is 5.79. The van der Waals surface area contributed by atoms with Crippen molar-refractivity contribution < 1.29 is 8.42 Å². The molecule has 0 spiro atoms. The predicted molar refractivity (Wildman–Crippen MR) is 71.1 cm³/mol. The average molecular weight is 254 g/mol. The molecule has 0 amide bonds. The van der Waals surface area contributed by atoms with E-state index in [0.717, 1.165) is 18.8 Å². The molecule has 94 valence electrons. The van der Waals surface area contributed by atoms with Crippen molar-refractivity contribution in [1.29, 1.82) is 0 Å². The number of nitrogens with one attached hydrogen (secondary N) is 1. The van der Waals surface area contributed by atoms with E-state index in [2.05, 4.69) is 16.5 Å². The van der Waals surface area contributed by atoms with Crippen LogP contribution in [-0.2, 0) is 10.0 Å². The molecular formula is C12H18N2O2S. The highest BCUT2D eigenvalue weighted by atomic mass is 32.2. The average Bonchev–Trinajstić information content (AvgIpc) is 2.72. The highest BCUT2D eigenvalue weighted by Crippen LogP contribution is 2.27. The van der Waals surface area contributed by atoms with Gasteiger partial charge in [-0.2, -0.15) is 0 Å². The first kappa shape index (κ1) is 12.2. The second-order valence-electron chi connectivity index (χ2n) is 4.57. The van der Waals surface area contributed by atoms with Crippen LogP contribution in [0.4, 0.5) is 11.4 Å². The molecule has 0 radical (unpaired) electrons. The maximum absolute atomic E-state index is 11.2. The summed E-state index contributed by atoms with van der Waals surface area (Å²) in [5.74, 6) is 0. The molecule has 1 heterocycles. The van der Waals surface area contributed by atoms with Crippen molar-refractivity contribution in [2.24, 2.45) is 0 Å². The molecule has 0 bridgehead atoms. The molecule has 0 aromatic heterocycles. The van der Waals surface area contributed by atoms with Crippen LogP contribution >= 0.6 is 0 Å². The van der Waals surface area contributed by atoms with Gasteiger partial charge in [-0.15, -0.1) is 0 Å². The Morgan fingerprint density at radius 2 is 1.88 bits per heavy atom. The first-order valence-corrected chi connectivity index (χ1v) is 7.68. The van der Waals surface area contributed by atoms with E-state index in [0.29, 0.717) is 5.69 Å². The normalized spacial score (nSPS) is 16.2. The Morgan fingerprint density at radius 3 is 2.47 bits per heavy atom. The van der Waals surface area contributed by atoms with Gasteiger partial charge in [0, 0.05) is 18.8 Å². The molecule has 2 rings (SSSR count). The van der Waals surface area contributed by atoms with E-state index in [1.807, 2.05) is 12.1 Å². The van der Waals surface area contributed by atoms with Gasteiger partial charge in [-0.05, 0) is 37.5 Å². The third-order valence-electron chi connectivity index (χ3n) is 2.96. The van der Waals surface area contributed by atoms with Crippen LogP contribution in [0.1, 0.15) is 18.4 Å². The fourth-order valence-corrected chi connectivity index (χ4v) is 2.74. The lowest BCUT2D eigenvalue weighted by Gasteiger charge is -2.21. The van der Waals surface area contributed by atoms with Crippen molar-refractivity contribution in [1.82, 2.24) is 0 Å². The fourth-order valence-electron chi connectivity index (χ4n) is 2.19. The van der Waals surface area contributed by atoms with Gasteiger partial charge in [-0.3, -0.25) is 4.72 Å². The van der Waals surface area contributed by atoms with Crippen LogP contribution in [0, 0.1) is 6.92 Å². The van der Waals surface area contributed by atoms with E-state index in [1.54, 1.807) is 6.07 Å². The second-order valence-corrected chi connectivity index (χ2v) is 6.32. The maximum Gasteiger partial charge on any atom is 0.229 e. The van der Waals surface area contributed by atoms with Crippen LogP contribution in [0.25, 0.3) is 0 Å². The molecule has 1 N–H and O–H groups in total. The third kappa shape index (κ3) is 3.12. The number of sulfonamides is 1. The van der Waals surface area contributed by atoms with Crippen molar-refractivity contribution in [2.75, 3.05) is 29.0 Å². The fraction of sp³-hybridized carbons (Fsp3) is 0.500. The first-order chi connectivity index (χ1) is 7.96. The van der Waals surface area contributed by atoms with Crippen molar-refractivity contribution >= 4 is 21.4 Å². The van der Waals surface area contributed by atoms with Gasteiger partial charge in [-0.1, -0.05) is 6.07 Å². The van der Waals surface area contributed by atoms with Crippen LogP contribution < -0.4 is 9.62 Å². The molecule has 0 aliphatic carbocycles. The number of anilines is 2. The van der Waals surface area contributed by atoms with E-state index < -0.39 is 10.0 Å². The Labute approximate surface area is 103 Å². The summed E-state index contributed by atoms with van der Waals surface area (Å²) in [6.45, 7) is 4.17. The number of nitrogens with zero attached hydrogens (tertiary/aromatic N) is 1. The van der Waals surface area contributed by atoms with E-state index in [9.17, 15) is 8.42 Å². The molecule has 1 aromatic rings. The van der Waals surface area contributed by atoms with Crippen molar-refractivity contribution in [2.45, 2.75) is 19.8 Å². The largest absolute Gasteiger partial charge is 0.371 e. The highest BCUT2D eigenvalue weighted by Gasteiger charge is 2.15. The van der Waals surface area contributed by atoms with Crippen LogP contribution in [-0.4, -0.2) is 27.8 Å². The Bertz CT molecular complexity index is 505. The minimum atomic E-state index is -3.20. The van der Waals surface area contributed by atoms with Crippen LogP contribution in [0.2, 0.25) is 0 Å². The molecule has 1 aliphatic heterocycles. The van der Waals surface area contributed by atoms with Crippen molar-refractivity contribution in [3.8, 4) is 0 Å². The van der Waals surface area contributed by atoms with E-state index >= 15 is 0 Å². The Hall–Kier alpha value is -1.23. The Morgan fingerprint density at radius 1 is 1.24 bits per heavy atom. The van der Waals surface area contributed by atoms with Gasteiger partial charge < -0.3 is 4.90 Å². The summed E-state index contributed by atoms with van der Waals surface area (Å²) < 4.78 is 24.9. The van der Waals surface area contributed by atoms with Gasteiger partial charge in [0.1, 0.15) is 0 Å². The summed E-state index contributed by atoms with van der Waals surface area (Å²) in [5, 5.41) is 0. The topological polar surface area (TPSA) is 49.4 Å². The van der Waals surface area contributed by atoms with Crippen LogP contribution in [0.3, 0.4) is 0 Å². The molecule has 0 atom stereocenters. The van der Waals surface area contributed by atoms with Gasteiger partial charge in [0.05, 0.1) is 11.9 Å². The molecular weight excluding hydrogens is 236 g/mol. The smallest absolute Gasteiger partial charge is 0.229 e. The van der Waals surface area contributed by atoms with Crippen LogP contribution in [0.5, 0.6) is 0 Å². The number of hydrogen-bond donors (Lipinski definition) is 1. The molecule has 17 heavy (non-hydrogen) atoms. The molecule has 1 saturated heterocycles. The molecule has 1 aliphatic rings. The number of rotatable bonds is 3. The lowest BCUT2D eigenvalue weighted by molar-refractivity contribution is 0.607. The monoisotopic (exact) mass is 254 g/mol. The minimum absolute atomic E-state index is 0.639. The van der Waals surface area contributed by atoms with Crippen LogP contribution in [0.15, 0.2) is 18.2 Å². The number of benzene rings is 1. The second kappa shape index (κ2) is 4.56. The van der Waals surface area contributed by atoms with Crippen molar-refractivity contribution in [3.63, 3.8) is 0 Å². The molecule has 1 fully saturated rings. The lowest BCUT2D eigenvalue weighted by Crippen LogP contribution is -2.19. The molecule has 5 heteroatoms. The zero-order valence-corrected chi connectivity index (χ0v) is 11.0. The summed E-state index contributed by atoms with van der Waals surface area (Å²) in [6.07, 6.45) is 3.59. The number of aryl methyl sites for hydroxylation is 1. The highest BCUT2D eigenvalue weighted by molar-refractivity contribution is 7.92. The minimum Gasteiger partial charge on any atom is -0.371 e. The lowest BCUT2D eigenvalue weighted by atomic mass is 10.1. The molecule has 0 saturated carbocycles. The van der Waals surface area contributed by atoms with Crippen molar-refractivity contribution in [3.05, 3.63) is 23.8 Å². The predicted octanol–water partition coefficient (Wildman–Crippen LogP) is 1.97. The zero-order valence-electron chi connectivity index (χ0n) is 10.2. The Kier molecular flexibility index (Phi) is 3.28. The zero-order chi connectivity index (χ0) is 12.5. The van der Waals surface area contributed by atoms with Gasteiger partial charge in [0.25, 0.3) is 0 Å². The maximum atomic E-state index is 11.2. The van der Waals surface area contributed by atoms with E-state index in [1.165, 1.54) is 24.7 Å². The molecule has 0 unspecified atom stereocenters. The summed E-state index contributed by atoms with van der Waals surface area (Å²) in [5.41, 5.74) is 2.96. The van der Waals surface area contributed by atoms with Gasteiger partial charge in [-0.25, -0.2) is 8.42 Å². The molecule has 1 aromatic carbocycles. The van der Waals surface area contributed by atoms with E-state index in [-0.39, 0.29) is 0 Å².